The Labute approximate surface area is 95.1 Å². The van der Waals surface area contributed by atoms with Gasteiger partial charge in [-0.05, 0) is 27.7 Å². The minimum atomic E-state index is -3.65. The third kappa shape index (κ3) is 2.81. The van der Waals surface area contributed by atoms with E-state index in [2.05, 4.69) is 14.9 Å². The Balaban J connectivity index is 3.22. The second-order valence-electron chi connectivity index (χ2n) is 4.64. The second-order valence-corrected chi connectivity index (χ2v) is 6.26. The first kappa shape index (κ1) is 13.1. The summed E-state index contributed by atoms with van der Waals surface area (Å²) in [6.45, 7) is 6.43. The molecule has 0 saturated carbocycles. The highest BCUT2D eigenvalue weighted by atomic mass is 32.2. The second kappa shape index (κ2) is 4.15. The van der Waals surface area contributed by atoms with Crippen LogP contribution in [0.15, 0.2) is 4.90 Å². The lowest BCUT2D eigenvalue weighted by molar-refractivity contribution is 0.273. The average Bonchev–Trinajstić information content (AvgIpc) is 2.42. The molecule has 0 aliphatic rings. The summed E-state index contributed by atoms with van der Waals surface area (Å²) >= 11 is 0. The van der Waals surface area contributed by atoms with Crippen LogP contribution in [0.25, 0.3) is 0 Å². The van der Waals surface area contributed by atoms with E-state index in [-0.39, 0.29) is 10.6 Å². The van der Waals surface area contributed by atoms with E-state index in [1.807, 2.05) is 0 Å². The number of nitrogens with one attached hydrogen (secondary N) is 2. The highest BCUT2D eigenvalue weighted by molar-refractivity contribution is 7.89. The molecule has 1 heterocycles. The zero-order valence-electron chi connectivity index (χ0n) is 9.83. The predicted molar refractivity (Wildman–Crippen MR) is 59.3 cm³/mol. The molecule has 0 atom stereocenters. The SMILES string of the molecule is Cc1[nH]nc(CO)c1S(=O)(=O)NC(C)(C)C. The minimum absolute atomic E-state index is 0.0323. The van der Waals surface area contributed by atoms with E-state index in [1.54, 1.807) is 27.7 Å². The van der Waals surface area contributed by atoms with Crippen LogP contribution in [0.4, 0.5) is 0 Å². The maximum atomic E-state index is 12.0. The van der Waals surface area contributed by atoms with E-state index in [9.17, 15) is 8.42 Å². The summed E-state index contributed by atoms with van der Waals surface area (Å²) in [6.07, 6.45) is 0. The van der Waals surface area contributed by atoms with Crippen LogP contribution in [0, 0.1) is 6.92 Å². The van der Waals surface area contributed by atoms with Crippen molar-refractivity contribution < 1.29 is 13.5 Å². The van der Waals surface area contributed by atoms with Crippen molar-refractivity contribution in [1.82, 2.24) is 14.9 Å². The molecule has 1 aromatic rings. The van der Waals surface area contributed by atoms with Crippen LogP contribution in [0.3, 0.4) is 0 Å². The highest BCUT2D eigenvalue weighted by Gasteiger charge is 2.27. The van der Waals surface area contributed by atoms with Crippen LogP contribution in [-0.2, 0) is 16.6 Å². The fourth-order valence-corrected chi connectivity index (χ4v) is 3.16. The highest BCUT2D eigenvalue weighted by Crippen LogP contribution is 2.19. The van der Waals surface area contributed by atoms with Crippen LogP contribution in [0.1, 0.15) is 32.2 Å². The van der Waals surface area contributed by atoms with E-state index in [0.29, 0.717) is 5.69 Å². The van der Waals surface area contributed by atoms with Gasteiger partial charge >= 0.3 is 0 Å². The number of rotatable bonds is 3. The summed E-state index contributed by atoms with van der Waals surface area (Å²) in [5.41, 5.74) is -0.0232. The number of H-pyrrole nitrogens is 1. The molecule has 0 amide bonds. The molecule has 0 aromatic carbocycles. The Hall–Kier alpha value is -0.920. The van der Waals surface area contributed by atoms with Crippen molar-refractivity contribution in [3.8, 4) is 0 Å². The zero-order valence-corrected chi connectivity index (χ0v) is 10.6. The van der Waals surface area contributed by atoms with Gasteiger partial charge in [-0.3, -0.25) is 5.10 Å². The Morgan fingerprint density at radius 3 is 2.44 bits per heavy atom. The fraction of sp³-hybridized carbons (Fsp3) is 0.667. The fourth-order valence-electron chi connectivity index (χ4n) is 1.39. The van der Waals surface area contributed by atoms with E-state index in [0.717, 1.165) is 0 Å². The van der Waals surface area contributed by atoms with Gasteiger partial charge in [0.1, 0.15) is 10.6 Å². The Kier molecular flexibility index (Phi) is 3.41. The van der Waals surface area contributed by atoms with Crippen molar-refractivity contribution in [3.63, 3.8) is 0 Å². The van der Waals surface area contributed by atoms with Crippen molar-refractivity contribution in [2.75, 3.05) is 0 Å². The van der Waals surface area contributed by atoms with E-state index >= 15 is 0 Å². The van der Waals surface area contributed by atoms with Gasteiger partial charge in [0.2, 0.25) is 10.0 Å². The number of aromatic amines is 1. The lowest BCUT2D eigenvalue weighted by atomic mass is 10.1. The zero-order chi connectivity index (χ0) is 12.6. The molecular weight excluding hydrogens is 230 g/mol. The van der Waals surface area contributed by atoms with E-state index in [1.165, 1.54) is 0 Å². The molecular formula is C9H17N3O3S. The van der Waals surface area contributed by atoms with Crippen molar-refractivity contribution in [2.24, 2.45) is 0 Å². The Bertz CT molecular complexity index is 471. The molecule has 7 heteroatoms. The number of aliphatic hydroxyl groups is 1. The quantitative estimate of drug-likeness (QED) is 0.715. The normalized spacial score (nSPS) is 13.1. The summed E-state index contributed by atoms with van der Waals surface area (Å²) in [5, 5.41) is 15.3. The first-order chi connectivity index (χ1) is 7.17. The summed E-state index contributed by atoms with van der Waals surface area (Å²) < 4.78 is 26.6. The number of nitrogens with zero attached hydrogens (tertiary/aromatic N) is 1. The Morgan fingerprint density at radius 1 is 1.44 bits per heavy atom. The number of sulfonamides is 1. The topological polar surface area (TPSA) is 95.1 Å². The molecule has 0 unspecified atom stereocenters. The number of hydrogen-bond donors (Lipinski definition) is 3. The smallest absolute Gasteiger partial charge is 0.244 e. The first-order valence-electron chi connectivity index (χ1n) is 4.86. The number of hydrogen-bond acceptors (Lipinski definition) is 4. The monoisotopic (exact) mass is 247 g/mol. The molecule has 1 aromatic heterocycles. The predicted octanol–water partition coefficient (Wildman–Crippen LogP) is 0.287. The molecule has 0 bridgehead atoms. The van der Waals surface area contributed by atoms with E-state index in [4.69, 9.17) is 5.11 Å². The molecule has 6 nitrogen and oxygen atoms in total. The lowest BCUT2D eigenvalue weighted by Gasteiger charge is -2.20. The molecule has 92 valence electrons. The molecule has 0 aliphatic heterocycles. The van der Waals surface area contributed by atoms with Crippen LogP contribution in [0.5, 0.6) is 0 Å². The van der Waals surface area contributed by atoms with Gasteiger partial charge in [-0.15, -0.1) is 0 Å². The van der Waals surface area contributed by atoms with Crippen LogP contribution < -0.4 is 4.72 Å². The molecule has 3 N–H and O–H groups in total. The third-order valence-electron chi connectivity index (χ3n) is 1.82. The van der Waals surface area contributed by atoms with Crippen molar-refractivity contribution >= 4 is 10.0 Å². The summed E-state index contributed by atoms with van der Waals surface area (Å²) in [5.74, 6) is 0. The van der Waals surface area contributed by atoms with Crippen LogP contribution in [0.2, 0.25) is 0 Å². The van der Waals surface area contributed by atoms with Gasteiger partial charge < -0.3 is 5.11 Å². The maximum Gasteiger partial charge on any atom is 0.244 e. The van der Waals surface area contributed by atoms with Gasteiger partial charge in [0, 0.05) is 5.54 Å². The summed E-state index contributed by atoms with van der Waals surface area (Å²) in [4.78, 5) is 0.0323. The van der Waals surface area contributed by atoms with Gasteiger partial charge in [0.05, 0.1) is 12.3 Å². The van der Waals surface area contributed by atoms with E-state index < -0.39 is 22.2 Å². The molecule has 0 radical (unpaired) electrons. The van der Waals surface area contributed by atoms with Crippen LogP contribution in [-0.4, -0.2) is 29.3 Å². The van der Waals surface area contributed by atoms with Crippen LogP contribution >= 0.6 is 0 Å². The van der Waals surface area contributed by atoms with Gasteiger partial charge in [0.25, 0.3) is 0 Å². The Morgan fingerprint density at radius 2 is 2.00 bits per heavy atom. The largest absolute Gasteiger partial charge is 0.390 e. The van der Waals surface area contributed by atoms with Gasteiger partial charge in [-0.2, -0.15) is 5.10 Å². The molecule has 0 saturated heterocycles. The van der Waals surface area contributed by atoms with Gasteiger partial charge in [0.15, 0.2) is 0 Å². The first-order valence-corrected chi connectivity index (χ1v) is 6.34. The van der Waals surface area contributed by atoms with Crippen molar-refractivity contribution in [1.29, 1.82) is 0 Å². The summed E-state index contributed by atoms with van der Waals surface area (Å²) in [7, 11) is -3.65. The molecule has 1 rings (SSSR count). The molecule has 16 heavy (non-hydrogen) atoms. The number of aryl methyl sites for hydroxylation is 1. The molecule has 0 aliphatic carbocycles. The van der Waals surface area contributed by atoms with Gasteiger partial charge in [-0.1, -0.05) is 0 Å². The van der Waals surface area contributed by atoms with Gasteiger partial charge in [-0.25, -0.2) is 13.1 Å². The molecule has 0 fully saturated rings. The summed E-state index contributed by atoms with van der Waals surface area (Å²) in [6, 6.07) is 0. The maximum absolute atomic E-state index is 12.0. The average molecular weight is 247 g/mol. The van der Waals surface area contributed by atoms with Crippen molar-refractivity contribution in [3.05, 3.63) is 11.4 Å². The molecule has 0 spiro atoms. The minimum Gasteiger partial charge on any atom is -0.390 e. The third-order valence-corrected chi connectivity index (χ3v) is 3.78. The standard InChI is InChI=1S/C9H17N3O3S/c1-6-8(7(5-13)11-10-6)16(14,15)12-9(2,3)4/h12-13H,5H2,1-4H3,(H,10,11). The lowest BCUT2D eigenvalue weighted by Crippen LogP contribution is -2.40. The number of aromatic nitrogens is 2. The number of aliphatic hydroxyl groups excluding tert-OH is 1. The van der Waals surface area contributed by atoms with Crippen molar-refractivity contribution in [2.45, 2.75) is 44.7 Å².